The normalized spacial score (nSPS) is 13.0. The SMILES string of the molecule is CC/C=C\C/C=C\C/C=C\C/C=C\CCCCCCC(=O)OC[C@H](COC(=O)CCCCCCCCCCCCCC)OC(=O)CC/C=C\C/C=C\C/C=C\C/C=C\C/C=C\CCCCC. The van der Waals surface area contributed by atoms with E-state index in [1.165, 1.54) is 83.5 Å². The first-order valence-corrected chi connectivity index (χ1v) is 26.9. The third-order valence-corrected chi connectivity index (χ3v) is 11.0. The van der Waals surface area contributed by atoms with Gasteiger partial charge in [-0.05, 0) is 96.3 Å². The molecule has 1 atom stereocenters. The summed E-state index contributed by atoms with van der Waals surface area (Å²) in [5, 5.41) is 0. The Labute approximate surface area is 406 Å². The highest BCUT2D eigenvalue weighted by molar-refractivity contribution is 5.71. The number of ether oxygens (including phenoxy) is 3. The van der Waals surface area contributed by atoms with E-state index in [-0.39, 0.29) is 31.6 Å². The highest BCUT2D eigenvalue weighted by Gasteiger charge is 2.19. The van der Waals surface area contributed by atoms with Gasteiger partial charge in [0.15, 0.2) is 6.10 Å². The molecule has 0 N–H and O–H groups in total. The largest absolute Gasteiger partial charge is 0.462 e. The quantitative estimate of drug-likeness (QED) is 0.0262. The molecule has 0 aliphatic heterocycles. The predicted molar refractivity (Wildman–Crippen MR) is 283 cm³/mol. The van der Waals surface area contributed by atoms with Crippen molar-refractivity contribution in [2.24, 2.45) is 0 Å². The summed E-state index contributed by atoms with van der Waals surface area (Å²) in [7, 11) is 0. The van der Waals surface area contributed by atoms with Crippen LogP contribution in [0.3, 0.4) is 0 Å². The van der Waals surface area contributed by atoms with Crippen molar-refractivity contribution in [1.29, 1.82) is 0 Å². The van der Waals surface area contributed by atoms with Crippen LogP contribution >= 0.6 is 0 Å². The van der Waals surface area contributed by atoms with E-state index in [2.05, 4.69) is 118 Å². The van der Waals surface area contributed by atoms with E-state index in [4.69, 9.17) is 14.2 Å². The summed E-state index contributed by atoms with van der Waals surface area (Å²) in [5.41, 5.74) is 0. The number of unbranched alkanes of at least 4 members (excludes halogenated alkanes) is 18. The maximum atomic E-state index is 12.8. The van der Waals surface area contributed by atoms with Gasteiger partial charge in [0.25, 0.3) is 0 Å². The van der Waals surface area contributed by atoms with Gasteiger partial charge in [-0.25, -0.2) is 0 Å². The van der Waals surface area contributed by atoms with E-state index in [9.17, 15) is 14.4 Å². The fraction of sp³-hybridized carbons (Fsp3) is 0.650. The summed E-state index contributed by atoms with van der Waals surface area (Å²) in [6.07, 6.45) is 72.2. The second-order valence-electron chi connectivity index (χ2n) is 17.4. The molecule has 0 aliphatic rings. The van der Waals surface area contributed by atoms with E-state index in [0.717, 1.165) is 103 Å². The Bertz CT molecular complexity index is 1370. The van der Waals surface area contributed by atoms with E-state index >= 15 is 0 Å². The average Bonchev–Trinajstić information content (AvgIpc) is 3.31. The molecule has 0 spiro atoms. The number of allylic oxidation sites excluding steroid dienone is 18. The fourth-order valence-electron chi connectivity index (χ4n) is 7.00. The molecule has 6 heteroatoms. The van der Waals surface area contributed by atoms with Gasteiger partial charge in [0.2, 0.25) is 0 Å². The van der Waals surface area contributed by atoms with Crippen molar-refractivity contribution in [2.45, 2.75) is 239 Å². The Kier molecular flexibility index (Phi) is 50.5. The van der Waals surface area contributed by atoms with Crippen LogP contribution in [0, 0.1) is 0 Å². The first-order chi connectivity index (χ1) is 32.5. The Morgan fingerprint density at radius 3 is 1.02 bits per heavy atom. The van der Waals surface area contributed by atoms with Crippen LogP contribution in [-0.2, 0) is 28.6 Å². The highest BCUT2D eigenvalue weighted by Crippen LogP contribution is 2.14. The van der Waals surface area contributed by atoms with E-state index in [0.29, 0.717) is 19.3 Å². The van der Waals surface area contributed by atoms with Gasteiger partial charge in [-0.3, -0.25) is 14.4 Å². The van der Waals surface area contributed by atoms with Crippen molar-refractivity contribution in [3.05, 3.63) is 109 Å². The standard InChI is InChI=1S/C60H98O6/c1-4-7-10-13-16-19-22-25-27-29-30-32-34-36-39-42-45-48-51-54-60(63)66-57(55-64-58(61)52-49-46-43-40-37-24-21-18-15-12-9-6-3)56-65-59(62)53-50-47-44-41-38-35-33-31-28-26-23-20-17-14-11-8-5-2/h8,11,16-17,19-20,25-28,30,32-33,35-36,39,45,48,57H,4-7,9-10,12-15,18,21-24,29,31,34,37-38,40-44,46-47,49-56H2,1-3H3/b11-8-,19-16-,20-17-,27-25-,28-26-,32-30-,35-33-,39-36-,48-45-/t57-/m0/s1. The van der Waals surface area contributed by atoms with E-state index in [1.807, 2.05) is 12.2 Å². The van der Waals surface area contributed by atoms with Crippen LogP contribution in [0.5, 0.6) is 0 Å². The van der Waals surface area contributed by atoms with Gasteiger partial charge in [0.05, 0.1) is 0 Å². The summed E-state index contributed by atoms with van der Waals surface area (Å²) >= 11 is 0. The molecule has 0 aromatic heterocycles. The zero-order chi connectivity index (χ0) is 47.9. The zero-order valence-corrected chi connectivity index (χ0v) is 42.7. The van der Waals surface area contributed by atoms with Crippen LogP contribution in [0.4, 0.5) is 0 Å². The molecular weight excluding hydrogens is 817 g/mol. The molecule has 0 bridgehead atoms. The maximum Gasteiger partial charge on any atom is 0.306 e. The molecule has 66 heavy (non-hydrogen) atoms. The Morgan fingerprint density at radius 1 is 0.318 bits per heavy atom. The minimum absolute atomic E-state index is 0.116. The maximum absolute atomic E-state index is 12.8. The molecule has 0 aromatic rings. The molecule has 0 amide bonds. The van der Waals surface area contributed by atoms with Gasteiger partial charge < -0.3 is 14.2 Å². The van der Waals surface area contributed by atoms with Crippen molar-refractivity contribution in [3.8, 4) is 0 Å². The van der Waals surface area contributed by atoms with Crippen molar-refractivity contribution >= 4 is 17.9 Å². The molecule has 0 heterocycles. The molecule has 0 fully saturated rings. The monoisotopic (exact) mass is 915 g/mol. The Morgan fingerprint density at radius 2 is 0.621 bits per heavy atom. The van der Waals surface area contributed by atoms with E-state index in [1.54, 1.807) is 0 Å². The molecule has 0 aliphatic carbocycles. The number of hydrogen-bond acceptors (Lipinski definition) is 6. The molecule has 0 unspecified atom stereocenters. The minimum Gasteiger partial charge on any atom is -0.462 e. The Balaban J connectivity index is 4.55. The number of hydrogen-bond donors (Lipinski definition) is 0. The van der Waals surface area contributed by atoms with Gasteiger partial charge in [-0.15, -0.1) is 0 Å². The zero-order valence-electron chi connectivity index (χ0n) is 42.7. The molecule has 0 radical (unpaired) electrons. The molecular formula is C60H98O6. The highest BCUT2D eigenvalue weighted by atomic mass is 16.6. The van der Waals surface area contributed by atoms with Gasteiger partial charge in [-0.2, -0.15) is 0 Å². The van der Waals surface area contributed by atoms with Crippen LogP contribution in [0.2, 0.25) is 0 Å². The molecule has 0 saturated heterocycles. The number of carbonyl (C=O) groups is 3. The van der Waals surface area contributed by atoms with Crippen LogP contribution < -0.4 is 0 Å². The molecule has 0 saturated carbocycles. The summed E-state index contributed by atoms with van der Waals surface area (Å²) in [6, 6.07) is 0. The summed E-state index contributed by atoms with van der Waals surface area (Å²) in [5.74, 6) is -1.03. The van der Waals surface area contributed by atoms with Gasteiger partial charge >= 0.3 is 17.9 Å². The number of carbonyl (C=O) groups excluding carboxylic acids is 3. The third kappa shape index (κ3) is 51.1. The lowest BCUT2D eigenvalue weighted by Gasteiger charge is -2.18. The van der Waals surface area contributed by atoms with Crippen molar-refractivity contribution in [3.63, 3.8) is 0 Å². The van der Waals surface area contributed by atoms with E-state index < -0.39 is 12.1 Å². The lowest BCUT2D eigenvalue weighted by atomic mass is 10.0. The topological polar surface area (TPSA) is 78.9 Å². The van der Waals surface area contributed by atoms with Gasteiger partial charge in [0, 0.05) is 19.3 Å². The third-order valence-electron chi connectivity index (χ3n) is 11.0. The minimum atomic E-state index is -0.828. The number of esters is 3. The van der Waals surface area contributed by atoms with Crippen molar-refractivity contribution in [1.82, 2.24) is 0 Å². The van der Waals surface area contributed by atoms with Crippen molar-refractivity contribution in [2.75, 3.05) is 13.2 Å². The lowest BCUT2D eigenvalue weighted by molar-refractivity contribution is -0.166. The second-order valence-corrected chi connectivity index (χ2v) is 17.4. The van der Waals surface area contributed by atoms with Crippen molar-refractivity contribution < 1.29 is 28.6 Å². The van der Waals surface area contributed by atoms with Crippen LogP contribution in [-0.4, -0.2) is 37.2 Å². The van der Waals surface area contributed by atoms with Crippen LogP contribution in [0.1, 0.15) is 233 Å². The fourth-order valence-corrected chi connectivity index (χ4v) is 7.00. The summed E-state index contributed by atoms with van der Waals surface area (Å²) in [4.78, 5) is 38.0. The van der Waals surface area contributed by atoms with Crippen LogP contribution in [0.15, 0.2) is 109 Å². The van der Waals surface area contributed by atoms with Gasteiger partial charge in [-0.1, -0.05) is 226 Å². The number of rotatable bonds is 47. The average molecular weight is 915 g/mol. The first-order valence-electron chi connectivity index (χ1n) is 26.9. The second kappa shape index (κ2) is 53.7. The Hall–Kier alpha value is -3.93. The molecule has 6 nitrogen and oxygen atoms in total. The lowest BCUT2D eigenvalue weighted by Crippen LogP contribution is -2.30. The van der Waals surface area contributed by atoms with Gasteiger partial charge in [0.1, 0.15) is 13.2 Å². The predicted octanol–water partition coefficient (Wildman–Crippen LogP) is 17.9. The summed E-state index contributed by atoms with van der Waals surface area (Å²) in [6.45, 7) is 6.40. The summed E-state index contributed by atoms with van der Waals surface area (Å²) < 4.78 is 16.7. The molecule has 0 aromatic carbocycles. The molecule has 374 valence electrons. The first kappa shape index (κ1) is 62.1. The van der Waals surface area contributed by atoms with Crippen LogP contribution in [0.25, 0.3) is 0 Å². The smallest absolute Gasteiger partial charge is 0.306 e. The molecule has 0 rings (SSSR count).